The summed E-state index contributed by atoms with van der Waals surface area (Å²) in [5, 5.41) is 6.14. The number of fused-ring (bicyclic) bond motifs is 1. The Morgan fingerprint density at radius 3 is 2.73 bits per heavy atom. The molecule has 0 aliphatic carbocycles. The van der Waals surface area contributed by atoms with Gasteiger partial charge in [-0.25, -0.2) is 9.79 Å². The molecule has 2 aliphatic rings. The first-order valence-electron chi connectivity index (χ1n) is 9.87. The van der Waals surface area contributed by atoms with Crippen LogP contribution in [0.4, 0.5) is 0 Å². The average molecular weight is 448 g/mol. The molecule has 1 aromatic carbocycles. The predicted molar refractivity (Wildman–Crippen MR) is 121 cm³/mol. The molecule has 1 N–H and O–H groups in total. The van der Waals surface area contributed by atoms with Gasteiger partial charge in [0.25, 0.3) is 0 Å². The number of hydrogen-bond acceptors (Lipinski definition) is 6. The standard InChI is InChI=1S/C22H26ClN3O3S/c1-13(2)9-10-24-18(27)11-15-12-30-22-25-14(3)19(21(28)29-4)20(26(15)22)16-7-5-6-8-17(16)23/h5-8,12-13,20H,9-11H2,1-4H3,(H,24,27)/t20-/m1/s1. The maximum Gasteiger partial charge on any atom is 0.338 e. The van der Waals surface area contributed by atoms with Crippen LogP contribution in [0.2, 0.25) is 5.02 Å². The van der Waals surface area contributed by atoms with E-state index in [1.807, 2.05) is 28.5 Å². The molecule has 0 spiro atoms. The van der Waals surface area contributed by atoms with Gasteiger partial charge < -0.3 is 15.0 Å². The van der Waals surface area contributed by atoms with Crippen LogP contribution in [-0.2, 0) is 14.3 Å². The Bertz CT molecular complexity index is 939. The molecule has 1 amide bonds. The van der Waals surface area contributed by atoms with Crippen molar-refractivity contribution in [2.75, 3.05) is 13.7 Å². The lowest BCUT2D eigenvalue weighted by Crippen LogP contribution is -2.38. The molecule has 0 fully saturated rings. The zero-order chi connectivity index (χ0) is 21.8. The van der Waals surface area contributed by atoms with Crippen molar-refractivity contribution in [3.05, 3.63) is 57.2 Å². The number of amidine groups is 1. The second kappa shape index (κ2) is 9.71. The van der Waals surface area contributed by atoms with Crippen molar-refractivity contribution < 1.29 is 14.3 Å². The molecule has 1 aromatic rings. The van der Waals surface area contributed by atoms with Gasteiger partial charge in [0.1, 0.15) is 0 Å². The number of hydrogen-bond donors (Lipinski definition) is 1. The van der Waals surface area contributed by atoms with Crippen LogP contribution >= 0.6 is 23.4 Å². The first-order valence-corrected chi connectivity index (χ1v) is 11.1. The third-order valence-corrected chi connectivity index (χ3v) is 6.22. The molecular weight excluding hydrogens is 422 g/mol. The van der Waals surface area contributed by atoms with Crippen molar-refractivity contribution in [1.82, 2.24) is 10.2 Å². The number of nitrogens with one attached hydrogen (secondary N) is 1. The number of methoxy groups -OCH3 is 1. The SMILES string of the molecule is COC(=O)C1=C(C)N=C2SC=C(CC(=O)NCCC(C)C)N2[C@@H]1c1ccccc1Cl. The van der Waals surface area contributed by atoms with Crippen LogP contribution < -0.4 is 5.32 Å². The number of carbonyl (C=O) groups is 2. The van der Waals surface area contributed by atoms with Gasteiger partial charge in [-0.05, 0) is 36.3 Å². The Balaban J connectivity index is 1.93. The van der Waals surface area contributed by atoms with E-state index >= 15 is 0 Å². The Kier molecular flexibility index (Phi) is 7.26. The van der Waals surface area contributed by atoms with E-state index in [2.05, 4.69) is 24.2 Å². The van der Waals surface area contributed by atoms with Crippen molar-refractivity contribution >= 4 is 40.4 Å². The van der Waals surface area contributed by atoms with Gasteiger partial charge in [-0.2, -0.15) is 0 Å². The summed E-state index contributed by atoms with van der Waals surface area (Å²) in [6.07, 6.45) is 1.12. The summed E-state index contributed by atoms with van der Waals surface area (Å²) in [6.45, 7) is 6.67. The number of thioether (sulfide) groups is 1. The van der Waals surface area contributed by atoms with E-state index in [0.717, 1.165) is 22.8 Å². The number of allylic oxidation sites excluding steroid dienone is 1. The molecule has 0 bridgehead atoms. The largest absolute Gasteiger partial charge is 0.466 e. The number of aliphatic imine (C=N–C) groups is 1. The Morgan fingerprint density at radius 1 is 1.33 bits per heavy atom. The molecule has 8 heteroatoms. The van der Waals surface area contributed by atoms with E-state index in [1.54, 1.807) is 13.0 Å². The van der Waals surface area contributed by atoms with E-state index in [0.29, 0.717) is 28.8 Å². The fourth-order valence-corrected chi connectivity index (χ4v) is 4.66. The van der Waals surface area contributed by atoms with Gasteiger partial charge in [0.15, 0.2) is 5.17 Å². The van der Waals surface area contributed by atoms with Gasteiger partial charge in [0, 0.05) is 17.3 Å². The lowest BCUT2D eigenvalue weighted by molar-refractivity contribution is -0.136. The molecule has 6 nitrogen and oxygen atoms in total. The fourth-order valence-electron chi connectivity index (χ4n) is 3.46. The molecule has 0 saturated heterocycles. The van der Waals surface area contributed by atoms with Crippen molar-refractivity contribution in [2.45, 2.75) is 39.7 Å². The first-order chi connectivity index (χ1) is 14.3. The second-order valence-corrected chi connectivity index (χ2v) is 8.86. The smallest absolute Gasteiger partial charge is 0.338 e. The monoisotopic (exact) mass is 447 g/mol. The van der Waals surface area contributed by atoms with Crippen molar-refractivity contribution in [1.29, 1.82) is 0 Å². The zero-order valence-electron chi connectivity index (χ0n) is 17.6. The van der Waals surface area contributed by atoms with E-state index < -0.39 is 12.0 Å². The molecular formula is C22H26ClN3O3S. The van der Waals surface area contributed by atoms with Crippen LogP contribution in [0.15, 0.2) is 51.6 Å². The third-order valence-electron chi connectivity index (χ3n) is 4.99. The van der Waals surface area contributed by atoms with Crippen LogP contribution in [-0.4, -0.2) is 35.6 Å². The molecule has 0 unspecified atom stereocenters. The second-order valence-electron chi connectivity index (χ2n) is 7.62. The highest BCUT2D eigenvalue weighted by Crippen LogP contribution is 2.46. The quantitative estimate of drug-likeness (QED) is 0.616. The fraction of sp³-hybridized carbons (Fsp3) is 0.409. The Hall–Kier alpha value is -2.25. The summed E-state index contributed by atoms with van der Waals surface area (Å²) in [5.74, 6) is -0.00174. The predicted octanol–water partition coefficient (Wildman–Crippen LogP) is 4.64. The summed E-state index contributed by atoms with van der Waals surface area (Å²) < 4.78 is 5.05. The van der Waals surface area contributed by atoms with E-state index in [-0.39, 0.29) is 12.3 Å². The number of ether oxygens (including phenoxy) is 1. The number of amides is 1. The van der Waals surface area contributed by atoms with Crippen LogP contribution in [0.25, 0.3) is 0 Å². The molecule has 2 aliphatic heterocycles. The highest BCUT2D eigenvalue weighted by Gasteiger charge is 2.41. The van der Waals surface area contributed by atoms with E-state index in [9.17, 15) is 9.59 Å². The lowest BCUT2D eigenvalue weighted by atomic mass is 9.94. The van der Waals surface area contributed by atoms with Gasteiger partial charge in [-0.15, -0.1) is 0 Å². The molecule has 1 atom stereocenters. The minimum absolute atomic E-state index is 0.0625. The van der Waals surface area contributed by atoms with Crippen LogP contribution in [0, 0.1) is 5.92 Å². The molecule has 30 heavy (non-hydrogen) atoms. The number of nitrogens with zero attached hydrogens (tertiary/aromatic N) is 2. The summed E-state index contributed by atoms with van der Waals surface area (Å²) >= 11 is 7.95. The summed E-state index contributed by atoms with van der Waals surface area (Å²) in [4.78, 5) is 31.7. The maximum absolute atomic E-state index is 12.7. The van der Waals surface area contributed by atoms with E-state index in [4.69, 9.17) is 16.3 Å². The van der Waals surface area contributed by atoms with Crippen molar-refractivity contribution in [3.8, 4) is 0 Å². The average Bonchev–Trinajstić information content (AvgIpc) is 3.08. The van der Waals surface area contributed by atoms with E-state index in [1.165, 1.54) is 18.9 Å². The number of halogens is 1. The Labute approximate surface area is 186 Å². The topological polar surface area (TPSA) is 71.0 Å². The van der Waals surface area contributed by atoms with Gasteiger partial charge in [-0.3, -0.25) is 4.79 Å². The highest BCUT2D eigenvalue weighted by molar-refractivity contribution is 8.16. The highest BCUT2D eigenvalue weighted by atomic mass is 35.5. The van der Waals surface area contributed by atoms with Gasteiger partial charge in [0.05, 0.1) is 30.8 Å². The van der Waals surface area contributed by atoms with Crippen molar-refractivity contribution in [2.24, 2.45) is 10.9 Å². The molecule has 3 rings (SSSR count). The minimum atomic E-state index is -0.511. The zero-order valence-corrected chi connectivity index (χ0v) is 19.1. The molecule has 160 valence electrons. The molecule has 0 aromatic heterocycles. The molecule has 0 saturated carbocycles. The lowest BCUT2D eigenvalue weighted by Gasteiger charge is -2.36. The normalized spacial score (nSPS) is 18.2. The minimum Gasteiger partial charge on any atom is -0.466 e. The summed E-state index contributed by atoms with van der Waals surface area (Å²) in [5.41, 5.74) is 2.55. The molecule has 2 heterocycles. The third kappa shape index (κ3) is 4.73. The number of carbonyl (C=O) groups excluding carboxylic acids is 2. The Morgan fingerprint density at radius 2 is 2.07 bits per heavy atom. The first kappa shape index (κ1) is 22.4. The van der Waals surface area contributed by atoms with Crippen LogP contribution in [0.3, 0.4) is 0 Å². The van der Waals surface area contributed by atoms with Gasteiger partial charge in [-0.1, -0.05) is 55.4 Å². The maximum atomic E-state index is 12.7. The van der Waals surface area contributed by atoms with Crippen LogP contribution in [0.1, 0.15) is 45.2 Å². The molecule has 0 radical (unpaired) electrons. The summed E-state index contributed by atoms with van der Waals surface area (Å²) in [7, 11) is 1.35. The number of esters is 1. The van der Waals surface area contributed by atoms with Crippen LogP contribution in [0.5, 0.6) is 0 Å². The van der Waals surface area contributed by atoms with Crippen molar-refractivity contribution in [3.63, 3.8) is 0 Å². The van der Waals surface area contributed by atoms with Gasteiger partial charge in [0.2, 0.25) is 5.91 Å². The van der Waals surface area contributed by atoms with Gasteiger partial charge >= 0.3 is 5.97 Å². The summed E-state index contributed by atoms with van der Waals surface area (Å²) in [6, 6.07) is 6.88. The number of rotatable bonds is 7. The number of benzene rings is 1.